The fourth-order valence-corrected chi connectivity index (χ4v) is 1.78. The summed E-state index contributed by atoms with van der Waals surface area (Å²) in [6.07, 6.45) is 3.67. The van der Waals surface area contributed by atoms with Gasteiger partial charge in [-0.3, -0.25) is 0 Å². The normalized spacial score (nSPS) is 16.5. The van der Waals surface area contributed by atoms with Crippen LogP contribution in [0.5, 0.6) is 0 Å². The molecule has 1 fully saturated rings. The number of aromatic carboxylic acids is 1. The molecule has 16 heavy (non-hydrogen) atoms. The molecule has 2 heterocycles. The molecule has 0 radical (unpaired) electrons. The van der Waals surface area contributed by atoms with Gasteiger partial charge in [-0.15, -0.1) is 0 Å². The number of oxazole rings is 1. The van der Waals surface area contributed by atoms with Crippen LogP contribution in [0.15, 0.2) is 10.7 Å². The van der Waals surface area contributed by atoms with Crippen molar-refractivity contribution in [3.05, 3.63) is 12.0 Å². The Kier molecular flexibility index (Phi) is 3.40. The number of hydrogen-bond donors (Lipinski definition) is 2. The monoisotopic (exact) mass is 225 g/mol. The number of carboxylic acids is 1. The molecule has 0 bridgehead atoms. The van der Waals surface area contributed by atoms with Crippen molar-refractivity contribution in [3.63, 3.8) is 0 Å². The minimum Gasteiger partial charge on any atom is -0.476 e. The van der Waals surface area contributed by atoms with E-state index in [1.807, 2.05) is 0 Å². The zero-order valence-corrected chi connectivity index (χ0v) is 8.98. The summed E-state index contributed by atoms with van der Waals surface area (Å²) < 4.78 is 4.97. The molecule has 0 amide bonds. The summed E-state index contributed by atoms with van der Waals surface area (Å²) in [7, 11) is 0. The van der Waals surface area contributed by atoms with E-state index in [-0.39, 0.29) is 11.7 Å². The van der Waals surface area contributed by atoms with E-state index in [1.165, 1.54) is 12.8 Å². The number of carbonyl (C=O) groups is 1. The van der Waals surface area contributed by atoms with Gasteiger partial charge in [-0.2, -0.15) is 4.98 Å². The summed E-state index contributed by atoms with van der Waals surface area (Å²) in [4.78, 5) is 16.7. The van der Waals surface area contributed by atoms with Crippen LogP contribution in [-0.4, -0.2) is 47.1 Å². The Morgan fingerprint density at radius 2 is 2.31 bits per heavy atom. The quantitative estimate of drug-likeness (QED) is 0.774. The Morgan fingerprint density at radius 3 is 2.94 bits per heavy atom. The molecule has 2 N–H and O–H groups in total. The van der Waals surface area contributed by atoms with Gasteiger partial charge in [-0.25, -0.2) is 4.79 Å². The molecule has 6 heteroatoms. The maximum Gasteiger partial charge on any atom is 0.357 e. The maximum absolute atomic E-state index is 10.5. The van der Waals surface area contributed by atoms with Crippen molar-refractivity contribution >= 4 is 12.0 Å². The fourth-order valence-electron chi connectivity index (χ4n) is 1.78. The Bertz CT molecular complexity index is 358. The molecule has 0 aliphatic carbocycles. The van der Waals surface area contributed by atoms with Gasteiger partial charge in [-0.1, -0.05) is 0 Å². The molecule has 0 unspecified atom stereocenters. The minimum absolute atomic E-state index is 0.0660. The van der Waals surface area contributed by atoms with Crippen LogP contribution >= 0.6 is 0 Å². The number of aromatic nitrogens is 1. The SMILES string of the molecule is O=C(O)c1coc(NCCN2CCCC2)n1. The third kappa shape index (κ3) is 2.73. The molecule has 88 valence electrons. The summed E-state index contributed by atoms with van der Waals surface area (Å²) in [6.45, 7) is 3.95. The Labute approximate surface area is 93.3 Å². The second-order valence-corrected chi connectivity index (χ2v) is 3.82. The van der Waals surface area contributed by atoms with E-state index in [4.69, 9.17) is 9.52 Å². The predicted molar refractivity (Wildman–Crippen MR) is 57.6 cm³/mol. The van der Waals surface area contributed by atoms with Gasteiger partial charge in [0, 0.05) is 13.1 Å². The number of nitrogens with zero attached hydrogens (tertiary/aromatic N) is 2. The number of anilines is 1. The molecular formula is C10H15N3O3. The molecule has 6 nitrogen and oxygen atoms in total. The molecule has 2 rings (SSSR count). The van der Waals surface area contributed by atoms with Gasteiger partial charge in [0.1, 0.15) is 6.26 Å². The lowest BCUT2D eigenvalue weighted by Gasteiger charge is -2.13. The molecule has 1 aromatic heterocycles. The van der Waals surface area contributed by atoms with Crippen molar-refractivity contribution < 1.29 is 14.3 Å². The van der Waals surface area contributed by atoms with Crippen LogP contribution in [0, 0.1) is 0 Å². The third-order valence-electron chi connectivity index (χ3n) is 2.63. The molecular weight excluding hydrogens is 210 g/mol. The van der Waals surface area contributed by atoms with Gasteiger partial charge in [0.05, 0.1) is 0 Å². The molecule has 0 aromatic carbocycles. The minimum atomic E-state index is -1.07. The van der Waals surface area contributed by atoms with Crippen molar-refractivity contribution in [2.75, 3.05) is 31.5 Å². The molecule has 1 aliphatic rings. The fraction of sp³-hybridized carbons (Fsp3) is 0.600. The molecule has 1 saturated heterocycles. The van der Waals surface area contributed by atoms with Gasteiger partial charge in [-0.05, 0) is 25.9 Å². The molecule has 0 spiro atoms. The highest BCUT2D eigenvalue weighted by atomic mass is 16.4. The first-order chi connectivity index (χ1) is 7.75. The van der Waals surface area contributed by atoms with Gasteiger partial charge >= 0.3 is 5.97 Å². The largest absolute Gasteiger partial charge is 0.476 e. The summed E-state index contributed by atoms with van der Waals surface area (Å²) in [5.74, 6) is -1.07. The topological polar surface area (TPSA) is 78.6 Å². The first-order valence-electron chi connectivity index (χ1n) is 5.41. The van der Waals surface area contributed by atoms with Crippen LogP contribution in [0.2, 0.25) is 0 Å². The maximum atomic E-state index is 10.5. The number of carboxylic acid groups (broad SMARTS) is 1. The van der Waals surface area contributed by atoms with Crippen molar-refractivity contribution in [3.8, 4) is 0 Å². The first kappa shape index (κ1) is 10.9. The molecule has 0 saturated carbocycles. The van der Waals surface area contributed by atoms with E-state index < -0.39 is 5.97 Å². The summed E-state index contributed by atoms with van der Waals surface area (Å²) in [5.41, 5.74) is -0.0660. The second kappa shape index (κ2) is 4.98. The third-order valence-corrected chi connectivity index (χ3v) is 2.63. The number of nitrogens with one attached hydrogen (secondary N) is 1. The molecule has 0 atom stereocenters. The number of likely N-dealkylation sites (tertiary alicyclic amines) is 1. The van der Waals surface area contributed by atoms with Crippen LogP contribution in [0.1, 0.15) is 23.3 Å². The highest BCUT2D eigenvalue weighted by Gasteiger charge is 2.12. The second-order valence-electron chi connectivity index (χ2n) is 3.82. The Morgan fingerprint density at radius 1 is 1.56 bits per heavy atom. The zero-order chi connectivity index (χ0) is 11.4. The number of hydrogen-bond acceptors (Lipinski definition) is 5. The van der Waals surface area contributed by atoms with E-state index in [0.717, 1.165) is 32.4 Å². The Balaban J connectivity index is 1.74. The van der Waals surface area contributed by atoms with Gasteiger partial charge in [0.2, 0.25) is 0 Å². The van der Waals surface area contributed by atoms with Crippen LogP contribution in [0.3, 0.4) is 0 Å². The Hall–Kier alpha value is -1.56. The van der Waals surface area contributed by atoms with E-state index in [1.54, 1.807) is 0 Å². The standard InChI is InChI=1S/C10H15N3O3/c14-9(15)8-7-16-10(12-8)11-3-6-13-4-1-2-5-13/h7H,1-6H2,(H,11,12)(H,14,15). The van der Waals surface area contributed by atoms with Crippen molar-refractivity contribution in [2.24, 2.45) is 0 Å². The highest BCUT2D eigenvalue weighted by Crippen LogP contribution is 2.08. The van der Waals surface area contributed by atoms with E-state index in [9.17, 15) is 4.79 Å². The van der Waals surface area contributed by atoms with Gasteiger partial charge in [0.15, 0.2) is 5.69 Å². The summed E-state index contributed by atoms with van der Waals surface area (Å²) in [6, 6.07) is 0.275. The van der Waals surface area contributed by atoms with Crippen LogP contribution < -0.4 is 5.32 Å². The van der Waals surface area contributed by atoms with Crippen molar-refractivity contribution in [1.82, 2.24) is 9.88 Å². The molecule has 1 aromatic rings. The van der Waals surface area contributed by atoms with Gasteiger partial charge in [0.25, 0.3) is 6.01 Å². The van der Waals surface area contributed by atoms with Crippen LogP contribution in [-0.2, 0) is 0 Å². The van der Waals surface area contributed by atoms with Crippen molar-refractivity contribution in [1.29, 1.82) is 0 Å². The van der Waals surface area contributed by atoms with E-state index >= 15 is 0 Å². The summed E-state index contributed by atoms with van der Waals surface area (Å²) >= 11 is 0. The lowest BCUT2D eigenvalue weighted by molar-refractivity contribution is 0.0690. The lowest BCUT2D eigenvalue weighted by Crippen LogP contribution is -2.26. The number of rotatable bonds is 5. The smallest absolute Gasteiger partial charge is 0.357 e. The summed E-state index contributed by atoms with van der Waals surface area (Å²) in [5, 5.41) is 11.6. The average Bonchev–Trinajstić information content (AvgIpc) is 2.87. The van der Waals surface area contributed by atoms with Crippen LogP contribution in [0.25, 0.3) is 0 Å². The molecule has 1 aliphatic heterocycles. The predicted octanol–water partition coefficient (Wildman–Crippen LogP) is 0.880. The zero-order valence-electron chi connectivity index (χ0n) is 8.98. The lowest BCUT2D eigenvalue weighted by atomic mass is 10.4. The van der Waals surface area contributed by atoms with Crippen molar-refractivity contribution in [2.45, 2.75) is 12.8 Å². The highest BCUT2D eigenvalue weighted by molar-refractivity contribution is 5.85. The van der Waals surface area contributed by atoms with Gasteiger partial charge < -0.3 is 19.7 Å². The average molecular weight is 225 g/mol. The van der Waals surface area contributed by atoms with Crippen LogP contribution in [0.4, 0.5) is 6.01 Å². The van der Waals surface area contributed by atoms with E-state index in [2.05, 4.69) is 15.2 Å². The van der Waals surface area contributed by atoms with E-state index in [0.29, 0.717) is 0 Å². The first-order valence-corrected chi connectivity index (χ1v) is 5.41.